The molecule has 0 aliphatic carbocycles. The molecule has 1 heterocycles. The van der Waals surface area contributed by atoms with Crippen molar-refractivity contribution < 1.29 is 14.3 Å². The lowest BCUT2D eigenvalue weighted by molar-refractivity contribution is -0.121. The van der Waals surface area contributed by atoms with E-state index in [1.165, 1.54) is 0 Å². The second-order valence-corrected chi connectivity index (χ2v) is 7.88. The minimum atomic E-state index is -0.468. The molecule has 1 aromatic heterocycles. The number of hydrogen-bond donors (Lipinski definition) is 1. The third-order valence-corrected chi connectivity index (χ3v) is 5.46. The smallest absolute Gasteiger partial charge is 0.342 e. The Balaban J connectivity index is 3.35. The second-order valence-electron chi connectivity index (χ2n) is 7.88. The van der Waals surface area contributed by atoms with Gasteiger partial charge >= 0.3 is 5.63 Å². The zero-order chi connectivity index (χ0) is 20.9. The molecule has 0 unspecified atom stereocenters. The lowest BCUT2D eigenvalue weighted by atomic mass is 9.87. The van der Waals surface area contributed by atoms with E-state index < -0.39 is 11.5 Å². The van der Waals surface area contributed by atoms with E-state index in [4.69, 9.17) is 4.42 Å². The lowest BCUT2D eigenvalue weighted by Gasteiger charge is -2.20. The molecule has 28 heavy (non-hydrogen) atoms. The summed E-state index contributed by atoms with van der Waals surface area (Å²) in [6.07, 6.45) is 10.9. The zero-order valence-electron chi connectivity index (χ0n) is 18.4. The predicted molar refractivity (Wildman–Crippen MR) is 115 cm³/mol. The van der Waals surface area contributed by atoms with E-state index in [1.807, 2.05) is 0 Å². The van der Waals surface area contributed by atoms with Crippen LogP contribution in [0.4, 0.5) is 0 Å². The number of carbonyl (C=O) groups excluding carboxylic acids is 1. The van der Waals surface area contributed by atoms with Gasteiger partial charge in [0.1, 0.15) is 17.3 Å². The minimum Gasteiger partial charge on any atom is -0.507 e. The van der Waals surface area contributed by atoms with E-state index >= 15 is 0 Å². The van der Waals surface area contributed by atoms with Crippen LogP contribution in [0.15, 0.2) is 9.21 Å². The summed E-state index contributed by atoms with van der Waals surface area (Å²) in [6, 6.07) is 0. The van der Waals surface area contributed by atoms with Gasteiger partial charge in [0, 0.05) is 12.0 Å². The number of aromatic hydroxyl groups is 1. The molecule has 0 bridgehead atoms. The molecule has 1 N–H and O–H groups in total. The highest BCUT2D eigenvalue weighted by molar-refractivity contribution is 5.85. The van der Waals surface area contributed by atoms with Gasteiger partial charge in [-0.25, -0.2) is 4.79 Å². The van der Waals surface area contributed by atoms with Crippen molar-refractivity contribution in [2.45, 2.75) is 117 Å². The van der Waals surface area contributed by atoms with Crippen molar-refractivity contribution in [3.05, 3.63) is 27.3 Å². The number of carbonyl (C=O) groups is 1. The van der Waals surface area contributed by atoms with Crippen molar-refractivity contribution in [1.29, 1.82) is 0 Å². The van der Waals surface area contributed by atoms with Crippen LogP contribution in [0.25, 0.3) is 0 Å². The first kappa shape index (κ1) is 24.5. The molecule has 0 amide bonds. The van der Waals surface area contributed by atoms with Gasteiger partial charge in [-0.3, -0.25) is 4.79 Å². The third-order valence-electron chi connectivity index (χ3n) is 5.46. The monoisotopic (exact) mass is 392 g/mol. The molecule has 0 saturated carbocycles. The highest BCUT2D eigenvalue weighted by Crippen LogP contribution is 2.34. The standard InChI is InChI=1S/C24H40O4/c1-5-9-13-17-21(25)18(14-10-6-2)23-19(15-11-7-3)22(26)20(16-12-8-4)24(27)28-23/h18,26H,5-17H2,1-4H3/t18-/m0/s1. The fraction of sp³-hybridized carbons (Fsp3) is 0.750. The second kappa shape index (κ2) is 13.6. The van der Waals surface area contributed by atoms with Crippen LogP contribution >= 0.6 is 0 Å². The molecule has 1 aromatic rings. The largest absolute Gasteiger partial charge is 0.507 e. The zero-order valence-corrected chi connectivity index (χ0v) is 18.4. The first-order valence-corrected chi connectivity index (χ1v) is 11.4. The van der Waals surface area contributed by atoms with Gasteiger partial charge in [0.15, 0.2) is 0 Å². The summed E-state index contributed by atoms with van der Waals surface area (Å²) in [5.74, 6) is 0.244. The maximum Gasteiger partial charge on any atom is 0.342 e. The van der Waals surface area contributed by atoms with E-state index in [1.54, 1.807) is 0 Å². The number of unbranched alkanes of at least 4 members (excludes halogenated alkanes) is 5. The van der Waals surface area contributed by atoms with E-state index in [2.05, 4.69) is 27.7 Å². The van der Waals surface area contributed by atoms with Crippen molar-refractivity contribution in [2.75, 3.05) is 0 Å². The number of rotatable bonds is 15. The Kier molecular flexibility index (Phi) is 11.9. The molecule has 0 aromatic carbocycles. The minimum absolute atomic E-state index is 0.0796. The van der Waals surface area contributed by atoms with Gasteiger partial charge in [0.05, 0.1) is 11.5 Å². The lowest BCUT2D eigenvalue weighted by Crippen LogP contribution is -2.20. The number of hydrogen-bond acceptors (Lipinski definition) is 4. The topological polar surface area (TPSA) is 67.5 Å². The molecule has 0 radical (unpaired) electrons. The molecule has 0 aliphatic rings. The van der Waals surface area contributed by atoms with Crippen LogP contribution in [0.5, 0.6) is 5.75 Å². The number of ketones is 1. The Morgan fingerprint density at radius 2 is 1.43 bits per heavy atom. The molecule has 0 fully saturated rings. The van der Waals surface area contributed by atoms with Crippen molar-refractivity contribution in [1.82, 2.24) is 0 Å². The van der Waals surface area contributed by atoms with Gasteiger partial charge in [-0.1, -0.05) is 66.2 Å². The molecule has 160 valence electrons. The average Bonchev–Trinajstić information content (AvgIpc) is 2.68. The van der Waals surface area contributed by atoms with Crippen LogP contribution in [0.3, 0.4) is 0 Å². The summed E-state index contributed by atoms with van der Waals surface area (Å²) in [5, 5.41) is 10.9. The fourth-order valence-corrected chi connectivity index (χ4v) is 3.64. The summed E-state index contributed by atoms with van der Waals surface area (Å²) in [4.78, 5) is 25.6. The Hall–Kier alpha value is -1.58. The maximum absolute atomic E-state index is 13.0. The average molecular weight is 393 g/mol. The summed E-state index contributed by atoms with van der Waals surface area (Å²) < 4.78 is 5.76. The highest BCUT2D eigenvalue weighted by Gasteiger charge is 2.29. The van der Waals surface area contributed by atoms with E-state index in [0.717, 1.165) is 57.8 Å². The van der Waals surface area contributed by atoms with Crippen LogP contribution in [0.1, 0.15) is 121 Å². The Bertz CT molecular complexity index is 645. The van der Waals surface area contributed by atoms with Crippen LogP contribution in [-0.2, 0) is 17.6 Å². The quantitative estimate of drug-likeness (QED) is 0.348. The molecule has 1 rings (SSSR count). The van der Waals surface area contributed by atoms with Crippen molar-refractivity contribution in [3.63, 3.8) is 0 Å². The maximum atomic E-state index is 13.0. The van der Waals surface area contributed by atoms with Gasteiger partial charge in [0.2, 0.25) is 0 Å². The fourth-order valence-electron chi connectivity index (χ4n) is 3.64. The van der Waals surface area contributed by atoms with Crippen molar-refractivity contribution >= 4 is 5.78 Å². The molecule has 4 heteroatoms. The van der Waals surface area contributed by atoms with Gasteiger partial charge in [-0.2, -0.15) is 0 Å². The Labute approximate surface area is 170 Å². The van der Waals surface area contributed by atoms with Crippen molar-refractivity contribution in [3.8, 4) is 5.75 Å². The van der Waals surface area contributed by atoms with Crippen LogP contribution in [0.2, 0.25) is 0 Å². The summed E-state index contributed by atoms with van der Waals surface area (Å²) in [6.45, 7) is 8.37. The van der Waals surface area contributed by atoms with Crippen LogP contribution < -0.4 is 5.63 Å². The van der Waals surface area contributed by atoms with Gasteiger partial charge in [-0.15, -0.1) is 0 Å². The molecular weight excluding hydrogens is 352 g/mol. The summed E-state index contributed by atoms with van der Waals surface area (Å²) in [5.41, 5.74) is 0.603. The normalized spacial score (nSPS) is 12.3. The molecule has 4 nitrogen and oxygen atoms in total. The first-order chi connectivity index (χ1) is 13.5. The number of Topliss-reactive ketones (excluding diaryl/α,β-unsaturated/α-hetero) is 1. The summed E-state index contributed by atoms with van der Waals surface area (Å²) >= 11 is 0. The van der Waals surface area contributed by atoms with Gasteiger partial charge in [0.25, 0.3) is 0 Å². The Morgan fingerprint density at radius 3 is 2.00 bits per heavy atom. The van der Waals surface area contributed by atoms with Gasteiger partial charge in [-0.05, 0) is 38.5 Å². The third kappa shape index (κ3) is 7.10. The van der Waals surface area contributed by atoms with Crippen LogP contribution in [0, 0.1) is 0 Å². The van der Waals surface area contributed by atoms with E-state index in [-0.39, 0.29) is 11.5 Å². The SMILES string of the molecule is CCCCCC(=O)[C@H](CCCC)c1oc(=O)c(CCCC)c(O)c1CCCC. The molecule has 0 spiro atoms. The van der Waals surface area contributed by atoms with Gasteiger partial charge < -0.3 is 9.52 Å². The van der Waals surface area contributed by atoms with Crippen molar-refractivity contribution in [2.24, 2.45) is 0 Å². The molecule has 0 aliphatic heterocycles. The molecule has 1 atom stereocenters. The first-order valence-electron chi connectivity index (χ1n) is 11.4. The summed E-state index contributed by atoms with van der Waals surface area (Å²) in [7, 11) is 0. The molecular formula is C24H40O4. The predicted octanol–water partition coefficient (Wildman–Crippen LogP) is 6.45. The molecule has 0 saturated heterocycles. The van der Waals surface area contributed by atoms with Crippen LogP contribution in [-0.4, -0.2) is 10.9 Å². The highest BCUT2D eigenvalue weighted by atomic mass is 16.4. The van der Waals surface area contributed by atoms with E-state index in [0.29, 0.717) is 42.6 Å². The van der Waals surface area contributed by atoms with E-state index in [9.17, 15) is 14.7 Å². The Morgan fingerprint density at radius 1 is 0.857 bits per heavy atom.